The van der Waals surface area contributed by atoms with Crippen LogP contribution >= 0.6 is 0 Å². The lowest BCUT2D eigenvalue weighted by atomic mass is 10.1. The molecule has 0 unspecified atom stereocenters. The van der Waals surface area contributed by atoms with Gasteiger partial charge in [-0.2, -0.15) is 0 Å². The van der Waals surface area contributed by atoms with E-state index in [1.807, 2.05) is 12.1 Å². The Labute approximate surface area is 156 Å². The van der Waals surface area contributed by atoms with Gasteiger partial charge in [-0.05, 0) is 43.2 Å². The number of pyridine rings is 1. The maximum absolute atomic E-state index is 13.0. The van der Waals surface area contributed by atoms with Crippen molar-refractivity contribution in [2.75, 3.05) is 11.9 Å². The van der Waals surface area contributed by atoms with E-state index in [2.05, 4.69) is 15.3 Å². The fraction of sp³-hybridized carbons (Fsp3) is 0.250. The van der Waals surface area contributed by atoms with Gasteiger partial charge in [0.25, 0.3) is 5.56 Å². The fourth-order valence-electron chi connectivity index (χ4n) is 2.88. The second kappa shape index (κ2) is 8.09. The van der Waals surface area contributed by atoms with Gasteiger partial charge in [-0.15, -0.1) is 0 Å². The molecule has 2 heterocycles. The minimum atomic E-state index is -0.270. The monoisotopic (exact) mass is 367 g/mol. The molecule has 3 aromatic rings. The van der Waals surface area contributed by atoms with Gasteiger partial charge in [-0.25, -0.2) is 9.37 Å². The molecule has 1 aromatic carbocycles. The first-order valence-corrected chi connectivity index (χ1v) is 8.67. The van der Waals surface area contributed by atoms with Crippen LogP contribution in [0, 0.1) is 12.7 Å². The standard InChI is InChI=1S/C20H22FN5O/c1-13-18(15-7-9-23-10-8-15)25-20(26(2)19(13)27)24-12-17(22)11-14-3-5-16(21)6-4-14/h3-10,17H,11-12,22H2,1-2H3,(H,24,25)/t17-/m0/s1. The summed E-state index contributed by atoms with van der Waals surface area (Å²) in [5.41, 5.74) is 9.04. The van der Waals surface area contributed by atoms with Crippen molar-refractivity contribution in [3.8, 4) is 11.3 Å². The van der Waals surface area contributed by atoms with Crippen LogP contribution in [0.25, 0.3) is 11.3 Å². The molecule has 3 N–H and O–H groups in total. The van der Waals surface area contributed by atoms with Crippen LogP contribution in [0.2, 0.25) is 0 Å². The van der Waals surface area contributed by atoms with Gasteiger partial charge < -0.3 is 11.1 Å². The summed E-state index contributed by atoms with van der Waals surface area (Å²) >= 11 is 0. The first kappa shape index (κ1) is 18.7. The highest BCUT2D eigenvalue weighted by molar-refractivity contribution is 5.63. The van der Waals surface area contributed by atoms with Gasteiger partial charge >= 0.3 is 0 Å². The molecule has 140 valence electrons. The summed E-state index contributed by atoms with van der Waals surface area (Å²) in [6, 6.07) is 9.70. The number of rotatable bonds is 6. The van der Waals surface area contributed by atoms with Crippen LogP contribution in [0.1, 0.15) is 11.1 Å². The highest BCUT2D eigenvalue weighted by Crippen LogP contribution is 2.19. The number of nitrogens with two attached hydrogens (primary N) is 1. The molecule has 0 fully saturated rings. The van der Waals surface area contributed by atoms with E-state index in [1.165, 1.54) is 16.7 Å². The van der Waals surface area contributed by atoms with E-state index in [-0.39, 0.29) is 17.4 Å². The van der Waals surface area contributed by atoms with Crippen molar-refractivity contribution in [2.45, 2.75) is 19.4 Å². The van der Waals surface area contributed by atoms with Gasteiger partial charge in [0.15, 0.2) is 0 Å². The summed E-state index contributed by atoms with van der Waals surface area (Å²) in [4.78, 5) is 21.2. The first-order valence-electron chi connectivity index (χ1n) is 8.67. The highest BCUT2D eigenvalue weighted by Gasteiger charge is 2.14. The first-order chi connectivity index (χ1) is 13.0. The van der Waals surface area contributed by atoms with E-state index >= 15 is 0 Å². The number of hydrogen-bond donors (Lipinski definition) is 2. The molecule has 0 bridgehead atoms. The van der Waals surface area contributed by atoms with Crippen LogP contribution in [-0.4, -0.2) is 27.1 Å². The Bertz CT molecular complexity index is 970. The molecule has 0 aliphatic heterocycles. The summed E-state index contributed by atoms with van der Waals surface area (Å²) in [5, 5.41) is 3.16. The van der Waals surface area contributed by atoms with Crippen LogP contribution in [0.3, 0.4) is 0 Å². The molecule has 0 saturated heterocycles. The van der Waals surface area contributed by atoms with E-state index in [1.54, 1.807) is 38.5 Å². The van der Waals surface area contributed by atoms with Gasteiger partial charge in [0.05, 0.1) is 5.69 Å². The predicted octanol–water partition coefficient (Wildman–Crippen LogP) is 2.27. The molecule has 0 saturated carbocycles. The smallest absolute Gasteiger partial charge is 0.258 e. The third-order valence-electron chi connectivity index (χ3n) is 4.40. The van der Waals surface area contributed by atoms with E-state index in [9.17, 15) is 9.18 Å². The predicted molar refractivity (Wildman–Crippen MR) is 104 cm³/mol. The van der Waals surface area contributed by atoms with Crippen LogP contribution < -0.4 is 16.6 Å². The van der Waals surface area contributed by atoms with Crippen molar-refractivity contribution in [1.82, 2.24) is 14.5 Å². The van der Waals surface area contributed by atoms with E-state index in [0.717, 1.165) is 11.1 Å². The van der Waals surface area contributed by atoms with Crippen molar-refractivity contribution in [1.29, 1.82) is 0 Å². The van der Waals surface area contributed by atoms with Crippen molar-refractivity contribution < 1.29 is 4.39 Å². The molecular weight excluding hydrogens is 345 g/mol. The number of nitrogens with one attached hydrogen (secondary N) is 1. The highest BCUT2D eigenvalue weighted by atomic mass is 19.1. The minimum Gasteiger partial charge on any atom is -0.354 e. The van der Waals surface area contributed by atoms with E-state index in [0.29, 0.717) is 30.2 Å². The average Bonchev–Trinajstić information content (AvgIpc) is 2.68. The molecule has 0 spiro atoms. The summed E-state index contributed by atoms with van der Waals surface area (Å²) in [6.45, 7) is 2.19. The lowest BCUT2D eigenvalue weighted by molar-refractivity contribution is 0.625. The topological polar surface area (TPSA) is 85.8 Å². The van der Waals surface area contributed by atoms with Gasteiger partial charge in [0, 0.05) is 43.2 Å². The zero-order chi connectivity index (χ0) is 19.4. The number of nitrogens with zero attached hydrogens (tertiary/aromatic N) is 3. The minimum absolute atomic E-state index is 0.119. The molecular formula is C20H22FN5O. The van der Waals surface area contributed by atoms with E-state index in [4.69, 9.17) is 5.73 Å². The fourth-order valence-corrected chi connectivity index (χ4v) is 2.88. The molecule has 27 heavy (non-hydrogen) atoms. The number of anilines is 1. The molecule has 1 atom stereocenters. The van der Waals surface area contributed by atoms with Crippen molar-refractivity contribution in [2.24, 2.45) is 12.8 Å². The second-order valence-corrected chi connectivity index (χ2v) is 6.48. The lowest BCUT2D eigenvalue weighted by Crippen LogP contribution is -2.34. The molecule has 3 rings (SSSR count). The second-order valence-electron chi connectivity index (χ2n) is 6.48. The van der Waals surface area contributed by atoms with Crippen LogP contribution in [-0.2, 0) is 13.5 Å². The molecule has 0 aliphatic rings. The van der Waals surface area contributed by atoms with Crippen LogP contribution in [0.5, 0.6) is 0 Å². The Morgan fingerprint density at radius 3 is 2.52 bits per heavy atom. The zero-order valence-electron chi connectivity index (χ0n) is 15.3. The lowest BCUT2D eigenvalue weighted by Gasteiger charge is -2.17. The Kier molecular flexibility index (Phi) is 5.61. The maximum atomic E-state index is 13.0. The Hall–Kier alpha value is -3.06. The average molecular weight is 367 g/mol. The zero-order valence-corrected chi connectivity index (χ0v) is 15.3. The van der Waals surface area contributed by atoms with E-state index < -0.39 is 0 Å². The Morgan fingerprint density at radius 2 is 1.85 bits per heavy atom. The summed E-state index contributed by atoms with van der Waals surface area (Å²) < 4.78 is 14.5. The van der Waals surface area contributed by atoms with Crippen molar-refractivity contribution >= 4 is 5.95 Å². The van der Waals surface area contributed by atoms with Gasteiger partial charge in [-0.3, -0.25) is 14.3 Å². The molecule has 0 radical (unpaired) electrons. The van der Waals surface area contributed by atoms with Gasteiger partial charge in [0.2, 0.25) is 5.95 Å². The Morgan fingerprint density at radius 1 is 1.19 bits per heavy atom. The summed E-state index contributed by atoms with van der Waals surface area (Å²) in [7, 11) is 1.67. The summed E-state index contributed by atoms with van der Waals surface area (Å²) in [6.07, 6.45) is 3.92. The molecule has 0 aliphatic carbocycles. The van der Waals surface area contributed by atoms with Crippen molar-refractivity contribution in [3.63, 3.8) is 0 Å². The largest absolute Gasteiger partial charge is 0.354 e. The quantitative estimate of drug-likeness (QED) is 0.698. The normalized spacial score (nSPS) is 12.0. The number of hydrogen-bond acceptors (Lipinski definition) is 5. The maximum Gasteiger partial charge on any atom is 0.258 e. The summed E-state index contributed by atoms with van der Waals surface area (Å²) in [5.74, 6) is 0.180. The third-order valence-corrected chi connectivity index (χ3v) is 4.40. The number of aromatic nitrogens is 3. The molecule has 0 amide bonds. The number of halogens is 1. The molecule has 6 nitrogen and oxygen atoms in total. The molecule has 2 aromatic heterocycles. The van der Waals surface area contributed by atoms with Crippen LogP contribution in [0.15, 0.2) is 53.6 Å². The van der Waals surface area contributed by atoms with Crippen molar-refractivity contribution in [3.05, 3.63) is 76.1 Å². The van der Waals surface area contributed by atoms with Gasteiger partial charge in [0.1, 0.15) is 5.82 Å². The van der Waals surface area contributed by atoms with Gasteiger partial charge in [-0.1, -0.05) is 12.1 Å². The van der Waals surface area contributed by atoms with Crippen LogP contribution in [0.4, 0.5) is 10.3 Å². The SMILES string of the molecule is Cc1c(-c2ccncc2)nc(NC[C@@H](N)Cc2ccc(F)cc2)n(C)c1=O. The molecule has 7 heteroatoms. The third kappa shape index (κ3) is 4.38. The Balaban J connectivity index is 1.77. The number of benzene rings is 1.